The Morgan fingerprint density at radius 3 is 3.20 bits per heavy atom. The summed E-state index contributed by atoms with van der Waals surface area (Å²) < 4.78 is 0. The average Bonchev–Trinajstić information content (AvgIpc) is 2.87. The zero-order valence-corrected chi connectivity index (χ0v) is 8.84. The number of hydrogen-bond acceptors (Lipinski definition) is 3. The van der Waals surface area contributed by atoms with Gasteiger partial charge in [-0.25, -0.2) is 0 Å². The van der Waals surface area contributed by atoms with Gasteiger partial charge >= 0.3 is 0 Å². The molecule has 1 atom stereocenters. The second kappa shape index (κ2) is 4.44. The van der Waals surface area contributed by atoms with Gasteiger partial charge in [-0.15, -0.1) is 0 Å². The van der Waals surface area contributed by atoms with Crippen molar-refractivity contribution in [1.29, 1.82) is 0 Å². The molecule has 1 unspecified atom stereocenters. The highest BCUT2D eigenvalue weighted by atomic mass is 16.2. The van der Waals surface area contributed by atoms with Crippen LogP contribution < -0.4 is 10.6 Å². The molecule has 1 saturated heterocycles. The fourth-order valence-corrected chi connectivity index (χ4v) is 1.71. The lowest BCUT2D eigenvalue weighted by Gasteiger charge is -2.06. The van der Waals surface area contributed by atoms with E-state index >= 15 is 0 Å². The number of aryl methyl sites for hydroxylation is 1. The Labute approximate surface area is 88.6 Å². The first-order chi connectivity index (χ1) is 7.29. The van der Waals surface area contributed by atoms with Crippen LogP contribution in [0.15, 0.2) is 6.07 Å². The number of aromatic amines is 1. The zero-order valence-electron chi connectivity index (χ0n) is 8.84. The summed E-state index contributed by atoms with van der Waals surface area (Å²) in [4.78, 5) is 11.7. The first-order valence-electron chi connectivity index (χ1n) is 5.35. The van der Waals surface area contributed by atoms with E-state index in [9.17, 15) is 4.79 Å². The van der Waals surface area contributed by atoms with Crippen LogP contribution in [-0.2, 0) is 11.2 Å². The topological polar surface area (TPSA) is 69.8 Å². The molecular weight excluding hydrogens is 192 g/mol. The summed E-state index contributed by atoms with van der Waals surface area (Å²) in [6.07, 6.45) is 1.81. The quantitative estimate of drug-likeness (QED) is 0.678. The van der Waals surface area contributed by atoms with Crippen LogP contribution in [0.4, 0.5) is 5.82 Å². The number of amides is 1. The summed E-state index contributed by atoms with van der Waals surface area (Å²) in [7, 11) is 0. The van der Waals surface area contributed by atoms with Crippen molar-refractivity contribution >= 4 is 11.7 Å². The molecule has 0 radical (unpaired) electrons. The molecule has 1 aromatic rings. The second-order valence-corrected chi connectivity index (χ2v) is 3.81. The summed E-state index contributed by atoms with van der Waals surface area (Å²) in [6, 6.07) is 1.88. The van der Waals surface area contributed by atoms with E-state index in [1.807, 2.05) is 13.0 Å². The first kappa shape index (κ1) is 10.2. The standard InChI is InChI=1S/C10H16N4O/c1-2-8-5-9(14-13-8)12-10(15)7-3-4-11-6-7/h5,7,11H,2-4,6H2,1H3,(H2,12,13,14,15). The van der Waals surface area contributed by atoms with E-state index in [2.05, 4.69) is 20.8 Å². The molecule has 82 valence electrons. The summed E-state index contributed by atoms with van der Waals surface area (Å²) in [5.74, 6) is 0.782. The van der Waals surface area contributed by atoms with Crippen LogP contribution in [-0.4, -0.2) is 29.2 Å². The van der Waals surface area contributed by atoms with Gasteiger partial charge in [0.1, 0.15) is 0 Å². The molecule has 1 fully saturated rings. The minimum absolute atomic E-state index is 0.0640. The fraction of sp³-hybridized carbons (Fsp3) is 0.600. The Morgan fingerprint density at radius 1 is 1.73 bits per heavy atom. The molecule has 15 heavy (non-hydrogen) atoms. The van der Waals surface area contributed by atoms with E-state index < -0.39 is 0 Å². The van der Waals surface area contributed by atoms with Crippen LogP contribution in [0.25, 0.3) is 0 Å². The van der Waals surface area contributed by atoms with Crippen molar-refractivity contribution in [1.82, 2.24) is 15.5 Å². The van der Waals surface area contributed by atoms with E-state index in [1.165, 1.54) is 0 Å². The smallest absolute Gasteiger partial charge is 0.230 e. The Bertz CT molecular complexity index is 341. The third kappa shape index (κ3) is 2.36. The van der Waals surface area contributed by atoms with Gasteiger partial charge < -0.3 is 10.6 Å². The van der Waals surface area contributed by atoms with Gasteiger partial charge in [-0.3, -0.25) is 9.89 Å². The van der Waals surface area contributed by atoms with Crippen molar-refractivity contribution < 1.29 is 4.79 Å². The van der Waals surface area contributed by atoms with Gasteiger partial charge in [0, 0.05) is 18.3 Å². The number of nitrogens with zero attached hydrogens (tertiary/aromatic N) is 1. The lowest BCUT2D eigenvalue weighted by molar-refractivity contribution is -0.119. The molecule has 0 saturated carbocycles. The van der Waals surface area contributed by atoms with Gasteiger partial charge in [0.25, 0.3) is 0 Å². The number of anilines is 1. The second-order valence-electron chi connectivity index (χ2n) is 3.81. The van der Waals surface area contributed by atoms with Gasteiger partial charge in [-0.2, -0.15) is 5.10 Å². The van der Waals surface area contributed by atoms with Crippen LogP contribution in [0.1, 0.15) is 19.0 Å². The Kier molecular flexibility index (Phi) is 3.01. The largest absolute Gasteiger partial charge is 0.316 e. The number of carbonyl (C=O) groups excluding carboxylic acids is 1. The molecule has 1 aromatic heterocycles. The molecule has 3 N–H and O–H groups in total. The van der Waals surface area contributed by atoms with Crippen LogP contribution in [0, 0.1) is 5.92 Å². The number of aromatic nitrogens is 2. The molecule has 5 heteroatoms. The third-order valence-corrected chi connectivity index (χ3v) is 2.69. The molecule has 1 aliphatic rings. The molecular formula is C10H16N4O. The maximum Gasteiger partial charge on any atom is 0.230 e. The summed E-state index contributed by atoms with van der Waals surface area (Å²) in [5.41, 5.74) is 1.04. The molecule has 2 rings (SSSR count). The predicted octanol–water partition coefficient (Wildman–Crippen LogP) is 0.520. The normalized spacial score (nSPS) is 20.5. The number of H-pyrrole nitrogens is 1. The van der Waals surface area contributed by atoms with Crippen molar-refractivity contribution in [3.63, 3.8) is 0 Å². The van der Waals surface area contributed by atoms with Crippen molar-refractivity contribution in [2.24, 2.45) is 5.92 Å². The Morgan fingerprint density at radius 2 is 2.60 bits per heavy atom. The van der Waals surface area contributed by atoms with Crippen molar-refractivity contribution in [3.8, 4) is 0 Å². The van der Waals surface area contributed by atoms with E-state index in [1.54, 1.807) is 0 Å². The molecule has 5 nitrogen and oxygen atoms in total. The van der Waals surface area contributed by atoms with Gasteiger partial charge in [0.2, 0.25) is 5.91 Å². The minimum Gasteiger partial charge on any atom is -0.316 e. The number of nitrogens with one attached hydrogen (secondary N) is 3. The summed E-state index contributed by atoms with van der Waals surface area (Å²) in [5, 5.41) is 12.9. The molecule has 0 aliphatic carbocycles. The summed E-state index contributed by atoms with van der Waals surface area (Å²) >= 11 is 0. The van der Waals surface area contributed by atoms with Gasteiger partial charge in [0.15, 0.2) is 5.82 Å². The van der Waals surface area contributed by atoms with Crippen LogP contribution >= 0.6 is 0 Å². The zero-order chi connectivity index (χ0) is 10.7. The molecule has 0 spiro atoms. The fourth-order valence-electron chi connectivity index (χ4n) is 1.71. The van der Waals surface area contributed by atoms with E-state index in [0.717, 1.165) is 31.6 Å². The van der Waals surface area contributed by atoms with E-state index in [4.69, 9.17) is 0 Å². The Hall–Kier alpha value is -1.36. The molecule has 1 amide bonds. The van der Waals surface area contributed by atoms with Crippen LogP contribution in [0.3, 0.4) is 0 Å². The number of carbonyl (C=O) groups is 1. The van der Waals surface area contributed by atoms with Gasteiger partial charge in [0.05, 0.1) is 5.92 Å². The Balaban J connectivity index is 1.92. The lowest BCUT2D eigenvalue weighted by Crippen LogP contribution is -2.24. The van der Waals surface area contributed by atoms with Crippen molar-refractivity contribution in [2.75, 3.05) is 18.4 Å². The molecule has 0 bridgehead atoms. The number of hydrogen-bond donors (Lipinski definition) is 3. The van der Waals surface area contributed by atoms with Crippen molar-refractivity contribution in [2.45, 2.75) is 19.8 Å². The first-order valence-corrected chi connectivity index (χ1v) is 5.35. The number of rotatable bonds is 3. The van der Waals surface area contributed by atoms with E-state index in [-0.39, 0.29) is 11.8 Å². The lowest BCUT2D eigenvalue weighted by atomic mass is 10.1. The molecule has 0 aromatic carbocycles. The highest BCUT2D eigenvalue weighted by Gasteiger charge is 2.22. The van der Waals surface area contributed by atoms with Crippen molar-refractivity contribution in [3.05, 3.63) is 11.8 Å². The van der Waals surface area contributed by atoms with Gasteiger partial charge in [-0.1, -0.05) is 6.92 Å². The average molecular weight is 208 g/mol. The molecule has 1 aliphatic heterocycles. The molecule has 2 heterocycles. The SMILES string of the molecule is CCc1cc(NC(=O)C2CCNC2)n[nH]1. The maximum absolute atomic E-state index is 11.7. The predicted molar refractivity (Wildman–Crippen MR) is 57.6 cm³/mol. The maximum atomic E-state index is 11.7. The minimum atomic E-state index is 0.0640. The van der Waals surface area contributed by atoms with Crippen LogP contribution in [0.2, 0.25) is 0 Å². The monoisotopic (exact) mass is 208 g/mol. The third-order valence-electron chi connectivity index (χ3n) is 2.69. The van der Waals surface area contributed by atoms with Gasteiger partial charge in [-0.05, 0) is 19.4 Å². The summed E-state index contributed by atoms with van der Waals surface area (Å²) in [6.45, 7) is 3.75. The van der Waals surface area contributed by atoms with Crippen LogP contribution in [0.5, 0.6) is 0 Å². The van der Waals surface area contributed by atoms with E-state index in [0.29, 0.717) is 5.82 Å². The highest BCUT2D eigenvalue weighted by molar-refractivity contribution is 5.92. The highest BCUT2D eigenvalue weighted by Crippen LogP contribution is 2.12.